The molecule has 3 atom stereocenters. The predicted octanol–water partition coefficient (Wildman–Crippen LogP) is 5.28. The number of halogens is 2. The number of aromatic nitrogens is 4. The van der Waals surface area contributed by atoms with Crippen LogP contribution in [0.4, 0.5) is 14.6 Å². The summed E-state index contributed by atoms with van der Waals surface area (Å²) in [5.74, 6) is 0.422. The Balaban J connectivity index is 1.43. The maximum absolute atomic E-state index is 14.5. The van der Waals surface area contributed by atoms with Crippen LogP contribution in [0.3, 0.4) is 0 Å². The fourth-order valence-electron chi connectivity index (χ4n) is 7.19. The molecule has 1 saturated carbocycles. The second-order valence-corrected chi connectivity index (χ2v) is 10.3. The number of nitrogens with zero attached hydrogens (tertiary/aromatic N) is 5. The number of fused-ring (bicyclic) bond motifs is 5. The van der Waals surface area contributed by atoms with E-state index in [1.54, 1.807) is 6.20 Å². The molecule has 0 spiro atoms. The molecule has 1 saturated heterocycles. The van der Waals surface area contributed by atoms with E-state index >= 15 is 0 Å². The fourth-order valence-corrected chi connectivity index (χ4v) is 7.19. The van der Waals surface area contributed by atoms with Gasteiger partial charge in [0.05, 0.1) is 17.0 Å². The lowest BCUT2D eigenvalue weighted by Crippen LogP contribution is -2.50. The largest absolute Gasteiger partial charge is 0.355 e. The first-order valence-electron chi connectivity index (χ1n) is 11.8. The van der Waals surface area contributed by atoms with Crippen LogP contribution in [0.1, 0.15) is 56.7 Å². The van der Waals surface area contributed by atoms with Crippen LogP contribution >= 0.6 is 0 Å². The van der Waals surface area contributed by atoms with Crippen molar-refractivity contribution in [1.29, 1.82) is 0 Å². The van der Waals surface area contributed by atoms with Gasteiger partial charge < -0.3 is 4.90 Å². The maximum atomic E-state index is 14.5. The molecular weight excluding hydrogens is 420 g/mol. The van der Waals surface area contributed by atoms with Crippen molar-refractivity contribution in [2.75, 3.05) is 18.0 Å². The monoisotopic (exact) mass is 447 g/mol. The van der Waals surface area contributed by atoms with E-state index in [9.17, 15) is 8.78 Å². The summed E-state index contributed by atoms with van der Waals surface area (Å²) >= 11 is 0. The van der Waals surface area contributed by atoms with Crippen molar-refractivity contribution in [3.63, 3.8) is 0 Å². The standard InChI is InChI=1S/C26H27F2N5/c1-25(2)18-10-11-26(25,16-6-5-13-33(15-16)22-9-4-12-29-31-22)24-17(18)14-21(30-32-24)23-19(27)7-3-8-20(23)28/h3-4,7-9,12,14,16,18H,5-6,10-11,13,15H2,1-2H3. The third-order valence-electron chi connectivity index (χ3n) is 8.69. The Morgan fingerprint density at radius 1 is 1.00 bits per heavy atom. The van der Waals surface area contributed by atoms with E-state index in [0.717, 1.165) is 55.8 Å². The summed E-state index contributed by atoms with van der Waals surface area (Å²) in [5, 5.41) is 17.5. The molecule has 2 aliphatic carbocycles. The van der Waals surface area contributed by atoms with E-state index in [4.69, 9.17) is 5.10 Å². The van der Waals surface area contributed by atoms with Crippen molar-refractivity contribution in [1.82, 2.24) is 20.4 Å². The summed E-state index contributed by atoms with van der Waals surface area (Å²) in [6.07, 6.45) is 6.04. The SMILES string of the molecule is CC1(C)C2CCC1(C1CCCN(c3cccnn3)C1)c1nnc(-c3c(F)cccc3F)cc12. The van der Waals surface area contributed by atoms with Crippen LogP contribution < -0.4 is 4.90 Å². The molecule has 5 nitrogen and oxygen atoms in total. The summed E-state index contributed by atoms with van der Waals surface area (Å²) in [6.45, 7) is 6.56. The summed E-state index contributed by atoms with van der Waals surface area (Å²) < 4.78 is 28.9. The first-order valence-corrected chi connectivity index (χ1v) is 11.8. The Kier molecular flexibility index (Phi) is 4.55. The molecule has 0 radical (unpaired) electrons. The van der Waals surface area contributed by atoms with E-state index in [2.05, 4.69) is 34.0 Å². The number of rotatable bonds is 3. The highest BCUT2D eigenvalue weighted by molar-refractivity contribution is 5.63. The Hall–Kier alpha value is -2.96. The number of benzene rings is 1. The van der Waals surface area contributed by atoms with E-state index in [1.807, 2.05) is 18.2 Å². The van der Waals surface area contributed by atoms with Crippen LogP contribution in [0.2, 0.25) is 0 Å². The summed E-state index contributed by atoms with van der Waals surface area (Å²) in [7, 11) is 0. The van der Waals surface area contributed by atoms with Gasteiger partial charge in [0.25, 0.3) is 0 Å². The van der Waals surface area contributed by atoms with Gasteiger partial charge in [0.2, 0.25) is 0 Å². The maximum Gasteiger partial charge on any atom is 0.151 e. The van der Waals surface area contributed by atoms with Crippen LogP contribution in [-0.2, 0) is 5.41 Å². The van der Waals surface area contributed by atoms with Gasteiger partial charge in [-0.2, -0.15) is 15.3 Å². The van der Waals surface area contributed by atoms with Crippen molar-refractivity contribution in [3.05, 3.63) is 65.5 Å². The molecule has 1 aromatic carbocycles. The molecule has 2 fully saturated rings. The van der Waals surface area contributed by atoms with Gasteiger partial charge >= 0.3 is 0 Å². The van der Waals surface area contributed by atoms with Crippen LogP contribution in [0.25, 0.3) is 11.3 Å². The average Bonchev–Trinajstić information content (AvgIpc) is 3.21. The lowest BCUT2D eigenvalue weighted by molar-refractivity contribution is 0.112. The minimum atomic E-state index is -0.603. The third-order valence-corrected chi connectivity index (χ3v) is 8.69. The van der Waals surface area contributed by atoms with E-state index < -0.39 is 11.6 Å². The zero-order valence-electron chi connectivity index (χ0n) is 18.9. The highest BCUT2D eigenvalue weighted by atomic mass is 19.1. The molecular formula is C26H27F2N5. The average molecular weight is 448 g/mol. The lowest BCUT2D eigenvalue weighted by atomic mass is 9.59. The number of hydrogen-bond donors (Lipinski definition) is 0. The topological polar surface area (TPSA) is 54.8 Å². The molecule has 0 N–H and O–H groups in total. The van der Waals surface area contributed by atoms with Gasteiger partial charge in [-0.15, -0.1) is 5.10 Å². The minimum Gasteiger partial charge on any atom is -0.355 e. The summed E-state index contributed by atoms with van der Waals surface area (Å²) in [5.41, 5.74) is 2.24. The van der Waals surface area contributed by atoms with E-state index in [1.165, 1.54) is 18.2 Å². The number of piperidine rings is 1. The second kappa shape index (κ2) is 7.27. The molecule has 6 rings (SSSR count). The zero-order valence-corrected chi connectivity index (χ0v) is 18.9. The molecule has 1 aliphatic heterocycles. The molecule has 170 valence electrons. The Morgan fingerprint density at radius 2 is 1.82 bits per heavy atom. The van der Waals surface area contributed by atoms with Crippen molar-refractivity contribution in [3.8, 4) is 11.3 Å². The van der Waals surface area contributed by atoms with Crippen molar-refractivity contribution in [2.24, 2.45) is 11.3 Å². The smallest absolute Gasteiger partial charge is 0.151 e. The van der Waals surface area contributed by atoms with Crippen LogP contribution in [-0.4, -0.2) is 33.5 Å². The lowest BCUT2D eigenvalue weighted by Gasteiger charge is -2.48. The van der Waals surface area contributed by atoms with Crippen molar-refractivity contribution in [2.45, 2.75) is 50.9 Å². The zero-order chi connectivity index (χ0) is 22.8. The van der Waals surface area contributed by atoms with Crippen LogP contribution in [0.15, 0.2) is 42.6 Å². The molecule has 2 aromatic heterocycles. The minimum absolute atomic E-state index is 0.00748. The van der Waals surface area contributed by atoms with Gasteiger partial charge in [0, 0.05) is 24.7 Å². The van der Waals surface area contributed by atoms with Crippen LogP contribution in [0.5, 0.6) is 0 Å². The molecule has 33 heavy (non-hydrogen) atoms. The Labute approximate surface area is 192 Å². The summed E-state index contributed by atoms with van der Waals surface area (Å²) in [6, 6.07) is 9.77. The van der Waals surface area contributed by atoms with Gasteiger partial charge in [-0.1, -0.05) is 19.9 Å². The van der Waals surface area contributed by atoms with Gasteiger partial charge in [-0.3, -0.25) is 0 Å². The molecule has 7 heteroatoms. The molecule has 3 aliphatic rings. The summed E-state index contributed by atoms with van der Waals surface area (Å²) in [4.78, 5) is 2.34. The van der Waals surface area contributed by atoms with Gasteiger partial charge in [-0.25, -0.2) is 8.78 Å². The predicted molar refractivity (Wildman–Crippen MR) is 122 cm³/mol. The number of hydrogen-bond acceptors (Lipinski definition) is 5. The Morgan fingerprint density at radius 3 is 2.58 bits per heavy atom. The highest BCUT2D eigenvalue weighted by Gasteiger charge is 2.66. The van der Waals surface area contributed by atoms with Crippen molar-refractivity contribution >= 4 is 5.82 Å². The fraction of sp³-hybridized carbons (Fsp3) is 0.462. The molecule has 3 aromatic rings. The second-order valence-electron chi connectivity index (χ2n) is 10.3. The molecule has 3 heterocycles. The van der Waals surface area contributed by atoms with Gasteiger partial charge in [0.15, 0.2) is 5.82 Å². The van der Waals surface area contributed by atoms with E-state index in [-0.39, 0.29) is 22.1 Å². The number of anilines is 1. The molecule has 2 bridgehead atoms. The van der Waals surface area contributed by atoms with Crippen LogP contribution in [0, 0.1) is 23.0 Å². The van der Waals surface area contributed by atoms with Gasteiger partial charge in [0.1, 0.15) is 11.6 Å². The quantitative estimate of drug-likeness (QED) is 0.547. The van der Waals surface area contributed by atoms with E-state index in [0.29, 0.717) is 11.8 Å². The first kappa shape index (κ1) is 20.6. The third kappa shape index (κ3) is 2.80. The van der Waals surface area contributed by atoms with Gasteiger partial charge in [-0.05, 0) is 78.8 Å². The first-order chi connectivity index (χ1) is 15.9. The molecule has 0 amide bonds. The highest BCUT2D eigenvalue weighted by Crippen LogP contribution is 2.70. The Bertz CT molecular complexity index is 1190. The molecule has 3 unspecified atom stereocenters. The van der Waals surface area contributed by atoms with Crippen molar-refractivity contribution < 1.29 is 8.78 Å². The normalized spacial score (nSPS) is 27.6.